The van der Waals surface area contributed by atoms with Gasteiger partial charge >= 0.3 is 6.18 Å². The summed E-state index contributed by atoms with van der Waals surface area (Å²) in [4.78, 5) is 4.35. The summed E-state index contributed by atoms with van der Waals surface area (Å²) in [6, 6.07) is 27.0. The summed E-state index contributed by atoms with van der Waals surface area (Å²) in [7, 11) is 0. The van der Waals surface area contributed by atoms with Gasteiger partial charge in [0, 0.05) is 11.8 Å². The number of pyridine rings is 1. The maximum Gasteiger partial charge on any atom is 0.416 e. The fourth-order valence-corrected chi connectivity index (χ4v) is 3.07. The van der Waals surface area contributed by atoms with Gasteiger partial charge < -0.3 is 0 Å². The van der Waals surface area contributed by atoms with Crippen LogP contribution in [-0.4, -0.2) is 4.98 Å². The standard InChI is InChI=1S/C24H16F3N/c25-24(26,27)22-14-12-20(13-15-22)18-6-4-17(5-7-18)19-8-10-21(11-9-19)23-3-1-2-16-28-23/h1-16H. The highest BCUT2D eigenvalue weighted by molar-refractivity contribution is 5.72. The van der Waals surface area contributed by atoms with Gasteiger partial charge in [-0.05, 0) is 46.5 Å². The molecule has 0 radical (unpaired) electrons. The quantitative estimate of drug-likeness (QED) is 0.372. The Morgan fingerprint density at radius 2 is 0.929 bits per heavy atom. The summed E-state index contributed by atoms with van der Waals surface area (Å²) >= 11 is 0. The highest BCUT2D eigenvalue weighted by atomic mass is 19.4. The normalized spacial score (nSPS) is 11.4. The smallest absolute Gasteiger partial charge is 0.256 e. The second kappa shape index (κ2) is 7.31. The molecule has 4 rings (SSSR count). The molecular formula is C24H16F3N. The Labute approximate surface area is 161 Å². The van der Waals surface area contributed by atoms with Crippen molar-refractivity contribution in [1.29, 1.82) is 0 Å². The third-order valence-electron chi connectivity index (χ3n) is 4.61. The minimum atomic E-state index is -4.32. The van der Waals surface area contributed by atoms with Gasteiger partial charge in [-0.3, -0.25) is 4.98 Å². The maximum atomic E-state index is 12.7. The van der Waals surface area contributed by atoms with E-state index < -0.39 is 11.7 Å². The molecular weight excluding hydrogens is 359 g/mol. The Morgan fingerprint density at radius 3 is 1.32 bits per heavy atom. The molecule has 1 aromatic heterocycles. The molecule has 0 saturated carbocycles. The molecule has 0 spiro atoms. The largest absolute Gasteiger partial charge is 0.416 e. The van der Waals surface area contributed by atoms with Crippen molar-refractivity contribution in [3.05, 3.63) is 103 Å². The van der Waals surface area contributed by atoms with Gasteiger partial charge in [-0.25, -0.2) is 0 Å². The molecule has 0 aliphatic carbocycles. The van der Waals surface area contributed by atoms with Gasteiger partial charge in [-0.1, -0.05) is 66.7 Å². The molecule has 0 unspecified atom stereocenters. The number of rotatable bonds is 3. The molecule has 0 aliphatic heterocycles. The van der Waals surface area contributed by atoms with Crippen LogP contribution in [0.1, 0.15) is 5.56 Å². The van der Waals surface area contributed by atoms with E-state index in [0.29, 0.717) is 0 Å². The highest BCUT2D eigenvalue weighted by Gasteiger charge is 2.29. The molecule has 0 aliphatic rings. The molecule has 1 heterocycles. The van der Waals surface area contributed by atoms with Crippen LogP contribution in [0.15, 0.2) is 97.2 Å². The van der Waals surface area contributed by atoms with Crippen LogP contribution in [0.4, 0.5) is 13.2 Å². The lowest BCUT2D eigenvalue weighted by Gasteiger charge is -2.09. The van der Waals surface area contributed by atoms with Crippen LogP contribution in [0.2, 0.25) is 0 Å². The summed E-state index contributed by atoms with van der Waals surface area (Å²) in [6.45, 7) is 0. The van der Waals surface area contributed by atoms with Crippen molar-refractivity contribution in [3.8, 4) is 33.5 Å². The highest BCUT2D eigenvalue weighted by Crippen LogP contribution is 2.32. The summed E-state index contributed by atoms with van der Waals surface area (Å²) in [5.41, 5.74) is 5.08. The molecule has 0 N–H and O–H groups in total. The molecule has 28 heavy (non-hydrogen) atoms. The van der Waals surface area contributed by atoms with E-state index >= 15 is 0 Å². The number of alkyl halides is 3. The molecule has 0 amide bonds. The summed E-state index contributed by atoms with van der Waals surface area (Å²) in [5, 5.41) is 0. The van der Waals surface area contributed by atoms with Crippen molar-refractivity contribution < 1.29 is 13.2 Å². The van der Waals surface area contributed by atoms with Crippen LogP contribution in [0.25, 0.3) is 33.5 Å². The Kier molecular flexibility index (Phi) is 4.70. The van der Waals surface area contributed by atoms with E-state index in [-0.39, 0.29) is 0 Å². The van der Waals surface area contributed by atoms with E-state index in [2.05, 4.69) is 4.98 Å². The zero-order valence-electron chi connectivity index (χ0n) is 14.8. The van der Waals surface area contributed by atoms with E-state index in [0.717, 1.165) is 45.6 Å². The number of nitrogens with zero attached hydrogens (tertiary/aromatic N) is 1. The van der Waals surface area contributed by atoms with E-state index in [1.54, 1.807) is 6.20 Å². The first kappa shape index (κ1) is 18.0. The minimum absolute atomic E-state index is 0.638. The molecule has 0 fully saturated rings. The van der Waals surface area contributed by atoms with Crippen molar-refractivity contribution in [2.45, 2.75) is 6.18 Å². The van der Waals surface area contributed by atoms with E-state index in [1.807, 2.05) is 66.7 Å². The number of hydrogen-bond acceptors (Lipinski definition) is 1. The average Bonchev–Trinajstić information content (AvgIpc) is 2.74. The van der Waals surface area contributed by atoms with Crippen LogP contribution in [0.3, 0.4) is 0 Å². The zero-order chi connectivity index (χ0) is 19.6. The van der Waals surface area contributed by atoms with Gasteiger partial charge in [0.1, 0.15) is 0 Å². The average molecular weight is 375 g/mol. The second-order valence-corrected chi connectivity index (χ2v) is 6.44. The predicted molar refractivity (Wildman–Crippen MR) is 106 cm³/mol. The molecule has 0 bridgehead atoms. The fraction of sp³-hybridized carbons (Fsp3) is 0.0417. The van der Waals surface area contributed by atoms with Gasteiger partial charge in [0.05, 0.1) is 11.3 Å². The number of benzene rings is 3. The second-order valence-electron chi connectivity index (χ2n) is 6.44. The molecule has 0 saturated heterocycles. The predicted octanol–water partition coefficient (Wildman–Crippen LogP) is 7.10. The Bertz CT molecular complexity index is 1050. The lowest BCUT2D eigenvalue weighted by molar-refractivity contribution is -0.137. The minimum Gasteiger partial charge on any atom is -0.256 e. The molecule has 138 valence electrons. The zero-order valence-corrected chi connectivity index (χ0v) is 14.8. The molecule has 4 aromatic rings. The van der Waals surface area contributed by atoms with Crippen LogP contribution in [0, 0.1) is 0 Å². The Hall–Kier alpha value is -3.40. The van der Waals surface area contributed by atoms with Gasteiger partial charge in [-0.2, -0.15) is 13.2 Å². The van der Waals surface area contributed by atoms with E-state index in [4.69, 9.17) is 0 Å². The van der Waals surface area contributed by atoms with E-state index in [1.165, 1.54) is 12.1 Å². The lowest BCUT2D eigenvalue weighted by Crippen LogP contribution is -2.03. The van der Waals surface area contributed by atoms with E-state index in [9.17, 15) is 13.2 Å². The number of hydrogen-bond donors (Lipinski definition) is 0. The van der Waals surface area contributed by atoms with Gasteiger partial charge in [-0.15, -0.1) is 0 Å². The van der Waals surface area contributed by atoms with Crippen molar-refractivity contribution in [2.24, 2.45) is 0 Å². The van der Waals surface area contributed by atoms with Gasteiger partial charge in [0.15, 0.2) is 0 Å². The summed E-state index contributed by atoms with van der Waals surface area (Å²) < 4.78 is 38.1. The first-order valence-corrected chi connectivity index (χ1v) is 8.80. The van der Waals surface area contributed by atoms with Crippen LogP contribution in [-0.2, 0) is 6.18 Å². The first-order valence-electron chi connectivity index (χ1n) is 8.80. The SMILES string of the molecule is FC(F)(F)c1ccc(-c2ccc(-c3ccc(-c4ccccn4)cc3)cc2)cc1. The summed E-state index contributed by atoms with van der Waals surface area (Å²) in [5.74, 6) is 0. The fourth-order valence-electron chi connectivity index (χ4n) is 3.07. The van der Waals surface area contributed by atoms with Crippen LogP contribution in [0.5, 0.6) is 0 Å². The molecule has 3 aromatic carbocycles. The van der Waals surface area contributed by atoms with Crippen LogP contribution < -0.4 is 0 Å². The first-order chi connectivity index (χ1) is 13.5. The van der Waals surface area contributed by atoms with Crippen molar-refractivity contribution in [2.75, 3.05) is 0 Å². The third-order valence-corrected chi connectivity index (χ3v) is 4.61. The van der Waals surface area contributed by atoms with Crippen LogP contribution >= 0.6 is 0 Å². The monoisotopic (exact) mass is 375 g/mol. The number of halogens is 3. The van der Waals surface area contributed by atoms with Crippen molar-refractivity contribution in [3.63, 3.8) is 0 Å². The third kappa shape index (κ3) is 3.81. The van der Waals surface area contributed by atoms with Crippen molar-refractivity contribution in [1.82, 2.24) is 4.98 Å². The topological polar surface area (TPSA) is 12.9 Å². The van der Waals surface area contributed by atoms with Crippen molar-refractivity contribution >= 4 is 0 Å². The number of aromatic nitrogens is 1. The molecule has 1 nitrogen and oxygen atoms in total. The summed E-state index contributed by atoms with van der Waals surface area (Å²) in [6.07, 6.45) is -2.55. The molecule has 0 atom stereocenters. The Morgan fingerprint density at radius 1 is 0.500 bits per heavy atom. The van der Waals surface area contributed by atoms with Gasteiger partial charge in [0.2, 0.25) is 0 Å². The Balaban J connectivity index is 1.55. The van der Waals surface area contributed by atoms with Gasteiger partial charge in [0.25, 0.3) is 0 Å². The lowest BCUT2D eigenvalue weighted by atomic mass is 9.98. The maximum absolute atomic E-state index is 12.7. The molecule has 4 heteroatoms.